The fourth-order valence-electron chi connectivity index (χ4n) is 7.32. The summed E-state index contributed by atoms with van der Waals surface area (Å²) >= 11 is 0. The SMILES string of the molecule is COc1ccc(CC[C@@H](OC(=O)[C@@H]2CCCCN2C(=O)[C@@H]2CCC(=O)[C@@H]3CCC[C@H]32)c2cccc(OCC(=O)O)c2)cc1OC. The predicted octanol–water partition coefficient (Wildman–Crippen LogP) is 5.16. The molecular formula is C35H43NO9. The molecule has 5 atom stereocenters. The lowest BCUT2D eigenvalue weighted by molar-refractivity contribution is -0.164. The van der Waals surface area contributed by atoms with Crippen molar-refractivity contribution in [3.63, 3.8) is 0 Å². The second kappa shape index (κ2) is 14.8. The summed E-state index contributed by atoms with van der Waals surface area (Å²) in [5, 5.41) is 9.07. The van der Waals surface area contributed by atoms with Crippen LogP contribution in [0.3, 0.4) is 0 Å². The van der Waals surface area contributed by atoms with Crippen molar-refractivity contribution in [2.75, 3.05) is 27.4 Å². The van der Waals surface area contributed by atoms with Crippen molar-refractivity contribution < 1.29 is 43.2 Å². The van der Waals surface area contributed by atoms with E-state index in [-0.39, 0.29) is 29.4 Å². The molecule has 10 heteroatoms. The van der Waals surface area contributed by atoms with Crippen LogP contribution in [0.25, 0.3) is 0 Å². The molecule has 10 nitrogen and oxygen atoms in total. The summed E-state index contributed by atoms with van der Waals surface area (Å²) < 4.78 is 22.5. The summed E-state index contributed by atoms with van der Waals surface area (Å²) in [5.74, 6) is 0.0904. The monoisotopic (exact) mass is 621 g/mol. The first kappa shape index (κ1) is 32.3. The molecule has 0 radical (unpaired) electrons. The Kier molecular flexibility index (Phi) is 10.6. The summed E-state index contributed by atoms with van der Waals surface area (Å²) in [4.78, 5) is 53.3. The minimum atomic E-state index is -1.09. The number of benzene rings is 2. The number of Topliss-reactive ketones (excluding diaryl/α,β-unsaturated/α-hetero) is 1. The molecular weight excluding hydrogens is 578 g/mol. The zero-order valence-corrected chi connectivity index (χ0v) is 26.1. The quantitative estimate of drug-likeness (QED) is 0.320. The van der Waals surface area contributed by atoms with Gasteiger partial charge in [-0.3, -0.25) is 9.59 Å². The second-order valence-corrected chi connectivity index (χ2v) is 12.3. The maximum Gasteiger partial charge on any atom is 0.341 e. The highest BCUT2D eigenvalue weighted by Gasteiger charge is 2.47. The van der Waals surface area contributed by atoms with Gasteiger partial charge in [-0.05, 0) is 92.7 Å². The van der Waals surface area contributed by atoms with E-state index in [2.05, 4.69) is 0 Å². The van der Waals surface area contributed by atoms with E-state index in [0.717, 1.165) is 37.7 Å². The molecule has 1 saturated heterocycles. The Morgan fingerprint density at radius 3 is 2.56 bits per heavy atom. The number of ether oxygens (including phenoxy) is 4. The van der Waals surface area contributed by atoms with Crippen LogP contribution in [0.1, 0.15) is 75.0 Å². The molecule has 45 heavy (non-hydrogen) atoms. The van der Waals surface area contributed by atoms with Crippen molar-refractivity contribution in [1.82, 2.24) is 4.90 Å². The molecule has 1 aliphatic heterocycles. The number of nitrogens with zero attached hydrogens (tertiary/aromatic N) is 1. The van der Waals surface area contributed by atoms with Gasteiger partial charge >= 0.3 is 11.9 Å². The van der Waals surface area contributed by atoms with Crippen LogP contribution in [0.2, 0.25) is 0 Å². The van der Waals surface area contributed by atoms with E-state index in [1.165, 1.54) is 0 Å². The molecule has 2 aliphatic carbocycles. The molecule has 2 aromatic carbocycles. The van der Waals surface area contributed by atoms with Gasteiger partial charge in [-0.15, -0.1) is 0 Å². The fourth-order valence-corrected chi connectivity index (χ4v) is 7.32. The molecule has 1 N–H and O–H groups in total. The van der Waals surface area contributed by atoms with Crippen LogP contribution < -0.4 is 14.2 Å². The average molecular weight is 622 g/mol. The number of carbonyl (C=O) groups excluding carboxylic acids is 3. The number of carboxylic acids is 1. The Morgan fingerprint density at radius 1 is 0.956 bits per heavy atom. The summed E-state index contributed by atoms with van der Waals surface area (Å²) in [6.07, 6.45) is 6.14. The van der Waals surface area contributed by atoms with Crippen LogP contribution in [-0.4, -0.2) is 67.0 Å². The van der Waals surface area contributed by atoms with Gasteiger partial charge in [0.15, 0.2) is 18.1 Å². The van der Waals surface area contributed by atoms with E-state index in [1.54, 1.807) is 37.3 Å². The van der Waals surface area contributed by atoms with E-state index < -0.39 is 30.7 Å². The standard InChI is InChI=1S/C35H43NO9/c1-42-31-17-13-22(19-32(31)43-2)12-16-30(23-7-5-8-24(20-23)44-21-33(38)39)45-35(41)28-11-3-4-18-36(28)34(40)27-14-15-29(37)26-10-6-9-25(26)27/h5,7-8,13,17,19-20,25-28,30H,3-4,6,9-12,14-16,18,21H2,1-2H3,(H,38,39)/t25-,26-,27-,28+,30-/m1/s1. The highest BCUT2D eigenvalue weighted by molar-refractivity contribution is 5.89. The van der Waals surface area contributed by atoms with Gasteiger partial charge < -0.3 is 29.0 Å². The van der Waals surface area contributed by atoms with Crippen molar-refractivity contribution in [1.29, 1.82) is 0 Å². The third-order valence-corrected chi connectivity index (χ3v) is 9.57. The van der Waals surface area contributed by atoms with Crippen LogP contribution in [0, 0.1) is 17.8 Å². The highest BCUT2D eigenvalue weighted by atomic mass is 16.5. The van der Waals surface area contributed by atoms with E-state index >= 15 is 0 Å². The molecule has 0 bridgehead atoms. The summed E-state index contributed by atoms with van der Waals surface area (Å²) in [7, 11) is 3.15. The van der Waals surface area contributed by atoms with Gasteiger partial charge in [0.2, 0.25) is 5.91 Å². The summed E-state index contributed by atoms with van der Waals surface area (Å²) in [6.45, 7) is 0.00255. The number of carbonyl (C=O) groups is 4. The number of hydrogen-bond acceptors (Lipinski definition) is 8. The topological polar surface area (TPSA) is 129 Å². The van der Waals surface area contributed by atoms with Crippen molar-refractivity contribution in [3.8, 4) is 17.2 Å². The molecule has 3 fully saturated rings. The van der Waals surface area contributed by atoms with Gasteiger partial charge in [-0.2, -0.15) is 0 Å². The van der Waals surface area contributed by atoms with Crippen LogP contribution in [-0.2, 0) is 30.3 Å². The first-order valence-corrected chi connectivity index (χ1v) is 16.0. The number of likely N-dealkylation sites (tertiary alicyclic amines) is 1. The number of methoxy groups -OCH3 is 2. The third-order valence-electron chi connectivity index (χ3n) is 9.57. The molecule has 3 aliphatic rings. The molecule has 2 aromatic rings. The van der Waals surface area contributed by atoms with Crippen LogP contribution in [0.5, 0.6) is 17.2 Å². The number of hydrogen-bond donors (Lipinski definition) is 1. The zero-order chi connectivity index (χ0) is 31.9. The van der Waals surface area contributed by atoms with Gasteiger partial charge in [-0.1, -0.05) is 24.6 Å². The molecule has 2 saturated carbocycles. The number of carboxylic acid groups (broad SMARTS) is 1. The van der Waals surface area contributed by atoms with Crippen LogP contribution in [0.4, 0.5) is 0 Å². The number of ketones is 1. The molecule has 5 rings (SSSR count). The first-order valence-electron chi connectivity index (χ1n) is 16.0. The Labute approximate surface area is 264 Å². The first-order chi connectivity index (χ1) is 21.8. The highest BCUT2D eigenvalue weighted by Crippen LogP contribution is 2.45. The van der Waals surface area contributed by atoms with Crippen LogP contribution in [0.15, 0.2) is 42.5 Å². The van der Waals surface area contributed by atoms with E-state index in [1.807, 2.05) is 24.3 Å². The number of amides is 1. The molecule has 0 aromatic heterocycles. The minimum absolute atomic E-state index is 0.0213. The predicted molar refractivity (Wildman–Crippen MR) is 164 cm³/mol. The number of rotatable bonds is 12. The number of aliphatic carboxylic acids is 1. The third kappa shape index (κ3) is 7.60. The lowest BCUT2D eigenvalue weighted by atomic mass is 9.72. The Bertz CT molecular complexity index is 1390. The second-order valence-electron chi connectivity index (χ2n) is 12.3. The van der Waals surface area contributed by atoms with Crippen molar-refractivity contribution in [2.45, 2.75) is 76.4 Å². The van der Waals surface area contributed by atoms with Crippen molar-refractivity contribution in [3.05, 3.63) is 53.6 Å². The maximum absolute atomic E-state index is 14.0. The zero-order valence-electron chi connectivity index (χ0n) is 26.1. The number of fused-ring (bicyclic) bond motifs is 1. The molecule has 1 amide bonds. The number of esters is 1. The van der Waals surface area contributed by atoms with Gasteiger partial charge in [-0.25, -0.2) is 9.59 Å². The Balaban J connectivity index is 1.35. The summed E-state index contributed by atoms with van der Waals surface area (Å²) in [5.41, 5.74) is 1.62. The van der Waals surface area contributed by atoms with Crippen molar-refractivity contribution >= 4 is 23.6 Å². The molecule has 1 heterocycles. The Morgan fingerprint density at radius 2 is 1.78 bits per heavy atom. The minimum Gasteiger partial charge on any atom is -0.493 e. The lowest BCUT2D eigenvalue weighted by Gasteiger charge is -2.40. The lowest BCUT2D eigenvalue weighted by Crippen LogP contribution is -2.53. The fraction of sp³-hybridized carbons (Fsp3) is 0.543. The van der Waals surface area contributed by atoms with Gasteiger partial charge in [0.1, 0.15) is 23.7 Å². The molecule has 0 unspecified atom stereocenters. The van der Waals surface area contributed by atoms with Gasteiger partial charge in [0, 0.05) is 24.8 Å². The van der Waals surface area contributed by atoms with Gasteiger partial charge in [0.25, 0.3) is 0 Å². The smallest absolute Gasteiger partial charge is 0.341 e. The van der Waals surface area contributed by atoms with Crippen LogP contribution >= 0.6 is 0 Å². The van der Waals surface area contributed by atoms with E-state index in [9.17, 15) is 19.2 Å². The normalized spacial score (nSPS) is 23.5. The summed E-state index contributed by atoms with van der Waals surface area (Å²) in [6, 6.07) is 11.9. The van der Waals surface area contributed by atoms with Gasteiger partial charge in [0.05, 0.1) is 14.2 Å². The molecule has 0 spiro atoms. The Hall–Kier alpha value is -4.08. The number of piperidine rings is 1. The largest absolute Gasteiger partial charge is 0.493 e. The van der Waals surface area contributed by atoms with Crippen molar-refractivity contribution in [2.24, 2.45) is 17.8 Å². The average Bonchev–Trinajstić information content (AvgIpc) is 3.56. The van der Waals surface area contributed by atoms with E-state index in [4.69, 9.17) is 24.1 Å². The molecule has 242 valence electrons. The number of aryl methyl sites for hydroxylation is 1. The van der Waals surface area contributed by atoms with E-state index in [0.29, 0.717) is 61.5 Å². The maximum atomic E-state index is 14.0.